The first-order valence-corrected chi connectivity index (χ1v) is 9.32. The van der Waals surface area contributed by atoms with E-state index in [9.17, 15) is 18.0 Å². The van der Waals surface area contributed by atoms with Crippen LogP contribution in [0.25, 0.3) is 0 Å². The van der Waals surface area contributed by atoms with Gasteiger partial charge in [0.25, 0.3) is 0 Å². The minimum Gasteiger partial charge on any atom is -0.342 e. The Labute approximate surface area is 127 Å². The highest BCUT2D eigenvalue weighted by molar-refractivity contribution is 7.90. The summed E-state index contributed by atoms with van der Waals surface area (Å²) in [6, 6.07) is -1.18. The van der Waals surface area contributed by atoms with Crippen molar-refractivity contribution in [1.82, 2.24) is 10.2 Å². The molecule has 1 N–H and O–H groups in total. The van der Waals surface area contributed by atoms with E-state index in [1.54, 1.807) is 0 Å². The first-order valence-electron chi connectivity index (χ1n) is 7.26. The van der Waals surface area contributed by atoms with Gasteiger partial charge in [0, 0.05) is 12.8 Å². The van der Waals surface area contributed by atoms with E-state index in [0.29, 0.717) is 6.42 Å². The van der Waals surface area contributed by atoms with Crippen LogP contribution < -0.4 is 5.32 Å². The summed E-state index contributed by atoms with van der Waals surface area (Å²) < 4.78 is 22.8. The highest BCUT2D eigenvalue weighted by Crippen LogP contribution is 2.28. The molecular weight excluding hydrogens is 292 g/mol. The Hall–Kier alpha value is -1.11. The van der Waals surface area contributed by atoms with Gasteiger partial charge in [0.1, 0.15) is 21.9 Å². The van der Waals surface area contributed by atoms with Gasteiger partial charge in [-0.25, -0.2) is 8.42 Å². The molecule has 0 aromatic heterocycles. The molecule has 1 heterocycles. The Morgan fingerprint density at radius 3 is 2.24 bits per heavy atom. The third-order valence-electron chi connectivity index (χ3n) is 3.56. The monoisotopic (exact) mass is 318 g/mol. The third-order valence-corrected chi connectivity index (χ3v) is 4.48. The molecule has 21 heavy (non-hydrogen) atoms. The van der Waals surface area contributed by atoms with Crippen LogP contribution in [0.3, 0.4) is 0 Å². The number of hydrogen-bond acceptors (Lipinski definition) is 4. The van der Waals surface area contributed by atoms with Gasteiger partial charge >= 0.3 is 0 Å². The van der Waals surface area contributed by atoms with E-state index >= 15 is 0 Å². The number of rotatable bonds is 5. The first-order chi connectivity index (χ1) is 9.47. The molecule has 2 atom stereocenters. The molecule has 6 nitrogen and oxygen atoms in total. The minimum atomic E-state index is -3.19. The second-order valence-corrected chi connectivity index (χ2v) is 9.04. The molecule has 0 aliphatic carbocycles. The second-order valence-electron chi connectivity index (χ2n) is 6.78. The number of hydrogen-bond donors (Lipinski definition) is 1. The molecule has 1 aliphatic heterocycles. The number of amides is 2. The Balaban J connectivity index is 3.06. The van der Waals surface area contributed by atoms with Crippen molar-refractivity contribution in [1.29, 1.82) is 0 Å². The van der Waals surface area contributed by atoms with Crippen molar-refractivity contribution in [3.05, 3.63) is 0 Å². The van der Waals surface area contributed by atoms with E-state index in [4.69, 9.17) is 0 Å². The predicted molar refractivity (Wildman–Crippen MR) is 81.5 cm³/mol. The van der Waals surface area contributed by atoms with Crippen LogP contribution in [0.4, 0.5) is 0 Å². The molecule has 1 aliphatic rings. The number of sulfone groups is 1. The zero-order valence-electron chi connectivity index (χ0n) is 13.5. The van der Waals surface area contributed by atoms with E-state index in [-0.39, 0.29) is 24.1 Å². The van der Waals surface area contributed by atoms with Gasteiger partial charge in [-0.15, -0.1) is 0 Å². The molecule has 0 aromatic rings. The van der Waals surface area contributed by atoms with Crippen molar-refractivity contribution in [3.63, 3.8) is 0 Å². The highest BCUT2D eigenvalue weighted by Gasteiger charge is 2.45. The molecule has 1 fully saturated rings. The van der Waals surface area contributed by atoms with Crippen LogP contribution in [0.15, 0.2) is 0 Å². The summed E-state index contributed by atoms with van der Waals surface area (Å²) in [6.45, 7) is 7.62. The molecule has 7 heteroatoms. The Bertz CT molecular complexity index is 508. The van der Waals surface area contributed by atoms with E-state index in [0.717, 1.165) is 12.7 Å². The lowest BCUT2D eigenvalue weighted by Crippen LogP contribution is -2.67. The van der Waals surface area contributed by atoms with Crippen molar-refractivity contribution < 1.29 is 18.0 Å². The number of piperazine rings is 1. The van der Waals surface area contributed by atoms with Crippen molar-refractivity contribution >= 4 is 21.7 Å². The van der Waals surface area contributed by atoms with Crippen LogP contribution in [0.1, 0.15) is 40.5 Å². The molecule has 1 rings (SSSR count). The predicted octanol–water partition coefficient (Wildman–Crippen LogP) is 0.573. The van der Waals surface area contributed by atoms with Gasteiger partial charge < -0.3 is 10.2 Å². The average Bonchev–Trinajstić information content (AvgIpc) is 2.28. The van der Waals surface area contributed by atoms with E-state index < -0.39 is 27.3 Å². The summed E-state index contributed by atoms with van der Waals surface area (Å²) in [7, 11) is -3.19. The van der Waals surface area contributed by atoms with Crippen molar-refractivity contribution in [3.8, 4) is 0 Å². The molecule has 2 unspecified atom stereocenters. The largest absolute Gasteiger partial charge is 0.342 e. The Kier molecular flexibility index (Phi) is 5.41. The Morgan fingerprint density at radius 1 is 1.24 bits per heavy atom. The van der Waals surface area contributed by atoms with Crippen LogP contribution in [-0.2, 0) is 19.4 Å². The lowest BCUT2D eigenvalue weighted by Gasteiger charge is -2.44. The maximum Gasteiger partial charge on any atom is 0.245 e. The fourth-order valence-corrected chi connectivity index (χ4v) is 3.16. The highest BCUT2D eigenvalue weighted by atomic mass is 32.2. The average molecular weight is 318 g/mol. The summed E-state index contributed by atoms with van der Waals surface area (Å²) >= 11 is 0. The topological polar surface area (TPSA) is 83.6 Å². The summed E-state index contributed by atoms with van der Waals surface area (Å²) in [5.41, 5.74) is -0.450. The summed E-state index contributed by atoms with van der Waals surface area (Å²) in [6.07, 6.45) is 2.48. The van der Waals surface area contributed by atoms with Crippen LogP contribution in [0.5, 0.6) is 0 Å². The van der Waals surface area contributed by atoms with Gasteiger partial charge in [0.15, 0.2) is 0 Å². The van der Waals surface area contributed by atoms with Crippen LogP contribution in [-0.4, -0.2) is 55.8 Å². The number of nitrogens with one attached hydrogen (secondary N) is 1. The van der Waals surface area contributed by atoms with Gasteiger partial charge in [-0.3, -0.25) is 9.59 Å². The molecular formula is C14H26N2O4S. The van der Waals surface area contributed by atoms with E-state index in [1.165, 1.54) is 4.90 Å². The quantitative estimate of drug-likeness (QED) is 0.803. The SMILES string of the molecule is CCCC1NC(=O)C(C(C)(C)C)N(CCS(C)(=O)=O)C1=O. The second kappa shape index (κ2) is 6.34. The molecule has 1 saturated heterocycles. The standard InChI is InChI=1S/C14H26N2O4S/c1-6-7-10-13(18)16(8-9-21(5,19)20)11(12(17)15-10)14(2,3)4/h10-11H,6-9H2,1-5H3,(H,15,17). The number of carbonyl (C=O) groups is 2. The molecule has 0 saturated carbocycles. The lowest BCUT2D eigenvalue weighted by molar-refractivity contribution is -0.153. The van der Waals surface area contributed by atoms with E-state index in [1.807, 2.05) is 27.7 Å². The van der Waals surface area contributed by atoms with Gasteiger partial charge in [-0.1, -0.05) is 34.1 Å². The zero-order chi connectivity index (χ0) is 16.4. The van der Waals surface area contributed by atoms with Gasteiger partial charge in [0.2, 0.25) is 11.8 Å². The van der Waals surface area contributed by atoms with Gasteiger partial charge in [0.05, 0.1) is 5.75 Å². The van der Waals surface area contributed by atoms with Crippen LogP contribution in [0, 0.1) is 5.41 Å². The van der Waals surface area contributed by atoms with Crippen LogP contribution >= 0.6 is 0 Å². The fourth-order valence-electron chi connectivity index (χ4n) is 2.63. The fraction of sp³-hybridized carbons (Fsp3) is 0.857. The minimum absolute atomic E-state index is 0.0627. The van der Waals surface area contributed by atoms with Crippen molar-refractivity contribution in [2.45, 2.75) is 52.6 Å². The van der Waals surface area contributed by atoms with Crippen molar-refractivity contribution in [2.24, 2.45) is 5.41 Å². The zero-order valence-corrected chi connectivity index (χ0v) is 14.3. The van der Waals surface area contributed by atoms with Gasteiger partial charge in [-0.2, -0.15) is 0 Å². The summed E-state index contributed by atoms with van der Waals surface area (Å²) in [5, 5.41) is 2.77. The maximum atomic E-state index is 12.6. The maximum absolute atomic E-state index is 12.6. The molecule has 122 valence electrons. The first kappa shape index (κ1) is 17.9. The Morgan fingerprint density at radius 2 is 1.81 bits per heavy atom. The summed E-state index contributed by atoms with van der Waals surface area (Å²) in [5.74, 6) is -0.508. The molecule has 0 aromatic carbocycles. The molecule has 0 spiro atoms. The van der Waals surface area contributed by atoms with Crippen molar-refractivity contribution in [2.75, 3.05) is 18.6 Å². The molecule has 2 amide bonds. The number of nitrogens with zero attached hydrogens (tertiary/aromatic N) is 1. The van der Waals surface area contributed by atoms with Crippen LogP contribution in [0.2, 0.25) is 0 Å². The molecule has 0 bridgehead atoms. The normalized spacial score (nSPS) is 24.1. The smallest absolute Gasteiger partial charge is 0.245 e. The number of carbonyl (C=O) groups excluding carboxylic acids is 2. The lowest BCUT2D eigenvalue weighted by atomic mass is 9.83. The third kappa shape index (κ3) is 4.69. The summed E-state index contributed by atoms with van der Waals surface area (Å²) in [4.78, 5) is 26.3. The van der Waals surface area contributed by atoms with Gasteiger partial charge in [-0.05, 0) is 11.8 Å². The molecule has 0 radical (unpaired) electrons. The van der Waals surface area contributed by atoms with E-state index in [2.05, 4.69) is 5.32 Å².